The summed E-state index contributed by atoms with van der Waals surface area (Å²) in [5.74, 6) is -0.435. The smallest absolute Gasteiger partial charge is 0.347 e. The van der Waals surface area contributed by atoms with E-state index in [-0.39, 0.29) is 6.54 Å². The number of rotatable bonds is 3. The second-order valence-corrected chi connectivity index (χ2v) is 7.36. The Morgan fingerprint density at radius 1 is 1.26 bits per heavy atom. The van der Waals surface area contributed by atoms with Crippen molar-refractivity contribution in [1.29, 1.82) is 0 Å². The summed E-state index contributed by atoms with van der Waals surface area (Å²) in [7, 11) is -1.45. The number of likely N-dealkylation sites (N-methyl/N-ethyl adjacent to an activating group) is 1. The van der Waals surface area contributed by atoms with Gasteiger partial charge in [0.2, 0.25) is 15.9 Å². The molecule has 0 aromatic heterocycles. The van der Waals surface area contributed by atoms with Gasteiger partial charge < -0.3 is 4.90 Å². The summed E-state index contributed by atoms with van der Waals surface area (Å²) in [5, 5.41) is 0. The number of hydrogen-bond acceptors (Lipinski definition) is 3. The number of carbonyl (C=O) groups is 1. The molecule has 1 aromatic carbocycles. The standard InChI is InChI=1S/C14H17F3N2O3S/c1-18(2)13(20)11-7-5-9-19(11)23(21,22)12-8-4-3-6-10(12)14(15,16)17/h3-4,6,8,11H,5,7,9H2,1-2H3/t11-/m1/s1. The SMILES string of the molecule is CN(C)C(=O)[C@H]1CCCN1S(=O)(=O)c1ccccc1C(F)(F)F. The van der Waals surface area contributed by atoms with Crippen LogP contribution in [0.25, 0.3) is 0 Å². The van der Waals surface area contributed by atoms with E-state index in [4.69, 9.17) is 0 Å². The highest BCUT2D eigenvalue weighted by atomic mass is 32.2. The molecular formula is C14H17F3N2O3S. The highest BCUT2D eigenvalue weighted by Crippen LogP contribution is 2.36. The fourth-order valence-electron chi connectivity index (χ4n) is 2.62. The number of carbonyl (C=O) groups excluding carboxylic acids is 1. The number of nitrogens with zero attached hydrogens (tertiary/aromatic N) is 2. The Labute approximate surface area is 132 Å². The molecule has 1 aromatic rings. The van der Waals surface area contributed by atoms with Crippen LogP contribution in [0.2, 0.25) is 0 Å². The molecule has 1 atom stereocenters. The van der Waals surface area contributed by atoms with Crippen LogP contribution in [0.15, 0.2) is 29.2 Å². The lowest BCUT2D eigenvalue weighted by Crippen LogP contribution is -2.45. The van der Waals surface area contributed by atoms with Crippen molar-refractivity contribution in [2.75, 3.05) is 20.6 Å². The minimum Gasteiger partial charge on any atom is -0.347 e. The summed E-state index contributed by atoms with van der Waals surface area (Å²) in [6.45, 7) is 0.0266. The lowest BCUT2D eigenvalue weighted by Gasteiger charge is -2.26. The van der Waals surface area contributed by atoms with Crippen LogP contribution in [0.4, 0.5) is 13.2 Å². The summed E-state index contributed by atoms with van der Waals surface area (Å²) < 4.78 is 65.5. The Morgan fingerprint density at radius 3 is 2.43 bits per heavy atom. The van der Waals surface area contributed by atoms with Gasteiger partial charge in [-0.3, -0.25) is 4.79 Å². The Kier molecular flexibility index (Phi) is 4.72. The van der Waals surface area contributed by atoms with Gasteiger partial charge in [0, 0.05) is 20.6 Å². The van der Waals surface area contributed by atoms with Gasteiger partial charge in [-0.2, -0.15) is 17.5 Å². The van der Waals surface area contributed by atoms with E-state index < -0.39 is 38.6 Å². The van der Waals surface area contributed by atoms with Gasteiger partial charge in [0.25, 0.3) is 0 Å². The van der Waals surface area contributed by atoms with Crippen LogP contribution in [0, 0.1) is 0 Å². The van der Waals surface area contributed by atoms with Gasteiger partial charge in [-0.25, -0.2) is 8.42 Å². The average Bonchev–Trinajstić information content (AvgIpc) is 2.95. The molecule has 9 heteroatoms. The molecular weight excluding hydrogens is 333 g/mol. The molecule has 0 radical (unpaired) electrons. The molecule has 0 N–H and O–H groups in total. The van der Waals surface area contributed by atoms with Gasteiger partial charge in [0.15, 0.2) is 0 Å². The summed E-state index contributed by atoms with van der Waals surface area (Å²) >= 11 is 0. The minimum atomic E-state index is -4.79. The van der Waals surface area contributed by atoms with Crippen molar-refractivity contribution in [3.63, 3.8) is 0 Å². The number of hydrogen-bond donors (Lipinski definition) is 0. The van der Waals surface area contributed by atoms with Gasteiger partial charge in [-0.05, 0) is 25.0 Å². The summed E-state index contributed by atoms with van der Waals surface area (Å²) in [5.41, 5.74) is -1.22. The van der Waals surface area contributed by atoms with Crippen molar-refractivity contribution in [2.24, 2.45) is 0 Å². The van der Waals surface area contributed by atoms with Crippen LogP contribution in [0.5, 0.6) is 0 Å². The second-order valence-electron chi connectivity index (χ2n) is 5.50. The Bertz CT molecular complexity index is 701. The fraction of sp³-hybridized carbons (Fsp3) is 0.500. The van der Waals surface area contributed by atoms with Gasteiger partial charge in [-0.15, -0.1) is 0 Å². The lowest BCUT2D eigenvalue weighted by atomic mass is 10.2. The topological polar surface area (TPSA) is 57.7 Å². The highest BCUT2D eigenvalue weighted by molar-refractivity contribution is 7.89. The zero-order valence-corrected chi connectivity index (χ0v) is 13.5. The Hall–Kier alpha value is -1.61. The maximum absolute atomic E-state index is 13.1. The third-order valence-electron chi connectivity index (χ3n) is 3.71. The van der Waals surface area contributed by atoms with E-state index in [0.717, 1.165) is 22.5 Å². The van der Waals surface area contributed by atoms with Crippen molar-refractivity contribution >= 4 is 15.9 Å². The molecule has 1 aliphatic heterocycles. The Balaban J connectivity index is 2.49. The predicted octanol–water partition coefficient (Wildman–Crippen LogP) is 1.95. The number of amides is 1. The van der Waals surface area contributed by atoms with Gasteiger partial charge in [-0.1, -0.05) is 12.1 Å². The predicted molar refractivity (Wildman–Crippen MR) is 77.1 cm³/mol. The molecule has 0 aliphatic carbocycles. The molecule has 1 amide bonds. The van der Waals surface area contributed by atoms with Crippen molar-refractivity contribution < 1.29 is 26.4 Å². The van der Waals surface area contributed by atoms with E-state index in [0.29, 0.717) is 12.8 Å². The third kappa shape index (κ3) is 3.35. The van der Waals surface area contributed by atoms with E-state index in [1.165, 1.54) is 25.1 Å². The average molecular weight is 350 g/mol. The Morgan fingerprint density at radius 2 is 1.87 bits per heavy atom. The lowest BCUT2D eigenvalue weighted by molar-refractivity contribution is -0.139. The molecule has 1 fully saturated rings. The van der Waals surface area contributed by atoms with E-state index >= 15 is 0 Å². The first-order valence-corrected chi connectivity index (χ1v) is 8.40. The van der Waals surface area contributed by atoms with Crippen LogP contribution >= 0.6 is 0 Å². The molecule has 128 valence electrons. The molecule has 1 saturated heterocycles. The number of benzene rings is 1. The van der Waals surface area contributed by atoms with Gasteiger partial charge in [0.1, 0.15) is 6.04 Å². The van der Waals surface area contributed by atoms with Crippen molar-refractivity contribution in [1.82, 2.24) is 9.21 Å². The second kappa shape index (κ2) is 6.12. The van der Waals surface area contributed by atoms with Crippen molar-refractivity contribution in [3.05, 3.63) is 29.8 Å². The molecule has 5 nitrogen and oxygen atoms in total. The molecule has 0 bridgehead atoms. The number of alkyl halides is 3. The zero-order chi connectivity index (χ0) is 17.4. The molecule has 1 aliphatic rings. The fourth-order valence-corrected chi connectivity index (χ4v) is 4.49. The highest BCUT2D eigenvalue weighted by Gasteiger charge is 2.44. The quantitative estimate of drug-likeness (QED) is 0.837. The van der Waals surface area contributed by atoms with Crippen molar-refractivity contribution in [3.8, 4) is 0 Å². The first-order chi connectivity index (χ1) is 10.6. The van der Waals surface area contributed by atoms with E-state index in [1.54, 1.807) is 0 Å². The summed E-state index contributed by atoms with van der Waals surface area (Å²) in [6.07, 6.45) is -4.06. The summed E-state index contributed by atoms with van der Waals surface area (Å²) in [4.78, 5) is 12.5. The minimum absolute atomic E-state index is 0.0266. The van der Waals surface area contributed by atoms with E-state index in [9.17, 15) is 26.4 Å². The van der Waals surface area contributed by atoms with E-state index in [1.807, 2.05) is 0 Å². The molecule has 1 heterocycles. The maximum atomic E-state index is 13.1. The van der Waals surface area contributed by atoms with Crippen LogP contribution in [0.1, 0.15) is 18.4 Å². The van der Waals surface area contributed by atoms with Crippen LogP contribution < -0.4 is 0 Å². The first-order valence-electron chi connectivity index (χ1n) is 6.96. The molecule has 0 unspecified atom stereocenters. The summed E-state index contributed by atoms with van der Waals surface area (Å²) in [6, 6.07) is 3.06. The molecule has 2 rings (SSSR count). The number of halogens is 3. The molecule has 0 spiro atoms. The zero-order valence-electron chi connectivity index (χ0n) is 12.7. The monoisotopic (exact) mass is 350 g/mol. The third-order valence-corrected chi connectivity index (χ3v) is 5.67. The first kappa shape index (κ1) is 17.7. The van der Waals surface area contributed by atoms with Crippen LogP contribution in [-0.4, -0.2) is 50.2 Å². The van der Waals surface area contributed by atoms with Crippen LogP contribution in [0.3, 0.4) is 0 Å². The van der Waals surface area contributed by atoms with Gasteiger partial charge in [0.05, 0.1) is 10.5 Å². The normalized spacial score (nSPS) is 19.8. The van der Waals surface area contributed by atoms with Crippen LogP contribution in [-0.2, 0) is 21.0 Å². The van der Waals surface area contributed by atoms with E-state index in [2.05, 4.69) is 0 Å². The number of sulfonamides is 1. The molecule has 0 saturated carbocycles. The van der Waals surface area contributed by atoms with Crippen molar-refractivity contribution in [2.45, 2.75) is 30.0 Å². The maximum Gasteiger partial charge on any atom is 0.417 e. The van der Waals surface area contributed by atoms with Gasteiger partial charge >= 0.3 is 6.18 Å². The largest absolute Gasteiger partial charge is 0.417 e. The molecule has 23 heavy (non-hydrogen) atoms.